The van der Waals surface area contributed by atoms with Gasteiger partial charge in [0.05, 0.1) is 0 Å². The molecule has 188 valence electrons. The Labute approximate surface area is 196 Å². The minimum absolute atomic E-state index is 0.141. The Bertz CT molecular complexity index is 749. The molecule has 0 aromatic heterocycles. The first-order valence-electron chi connectivity index (χ1n) is 10.1. The first kappa shape index (κ1) is 27.7. The zero-order valence-corrected chi connectivity index (χ0v) is 21.0. The smallest absolute Gasteiger partial charge is 0.303 e. The van der Waals surface area contributed by atoms with Crippen molar-refractivity contribution in [1.29, 1.82) is 0 Å². The molecular formula is C19H29O12PS. The minimum atomic E-state index is -3.77. The van der Waals surface area contributed by atoms with Crippen LogP contribution in [0.2, 0.25) is 0 Å². The largest absolute Gasteiger partial charge is 0.622 e. The van der Waals surface area contributed by atoms with Crippen molar-refractivity contribution >= 4 is 42.4 Å². The van der Waals surface area contributed by atoms with Gasteiger partial charge in [-0.2, -0.15) is 9.05 Å². The number of hydrogen-bond donors (Lipinski definition) is 0. The van der Waals surface area contributed by atoms with E-state index < -0.39 is 60.9 Å². The number of carbonyl (C=O) groups excluding carboxylic acids is 4. The molecule has 0 amide bonds. The highest BCUT2D eigenvalue weighted by Crippen LogP contribution is 2.69. The van der Waals surface area contributed by atoms with Crippen molar-refractivity contribution < 1.29 is 56.8 Å². The normalized spacial score (nSPS) is 30.6. The minimum Gasteiger partial charge on any atom is -0.622 e. The number of ether oxygens (including phenoxy) is 5. The number of carbonyl (C=O) groups is 4. The second-order valence-electron chi connectivity index (χ2n) is 8.33. The van der Waals surface area contributed by atoms with Crippen LogP contribution in [-0.2, 0) is 51.9 Å². The van der Waals surface area contributed by atoms with Gasteiger partial charge in [0, 0.05) is 33.1 Å². The maximum atomic E-state index is 13.2. The molecule has 14 heteroatoms. The third kappa shape index (κ3) is 8.34. The van der Waals surface area contributed by atoms with Gasteiger partial charge in [-0.15, -0.1) is 0 Å². The third-order valence-electron chi connectivity index (χ3n) is 4.41. The monoisotopic (exact) mass is 512 g/mol. The van der Waals surface area contributed by atoms with E-state index in [-0.39, 0.29) is 25.2 Å². The van der Waals surface area contributed by atoms with Crippen molar-refractivity contribution in [3.05, 3.63) is 0 Å². The first-order chi connectivity index (χ1) is 15.2. The molecule has 0 saturated carbocycles. The summed E-state index contributed by atoms with van der Waals surface area (Å²) in [6, 6.07) is 0. The number of esters is 4. The van der Waals surface area contributed by atoms with Crippen molar-refractivity contribution in [3.8, 4) is 0 Å². The molecule has 2 aliphatic rings. The number of rotatable bonds is 7. The van der Waals surface area contributed by atoms with Crippen molar-refractivity contribution in [1.82, 2.24) is 0 Å². The van der Waals surface area contributed by atoms with Gasteiger partial charge in [0.1, 0.15) is 37.3 Å². The zero-order valence-electron chi connectivity index (χ0n) is 19.3. The van der Waals surface area contributed by atoms with Crippen LogP contribution >= 0.6 is 18.5 Å². The van der Waals surface area contributed by atoms with E-state index in [1.165, 1.54) is 6.92 Å². The Morgan fingerprint density at radius 1 is 0.879 bits per heavy atom. The van der Waals surface area contributed by atoms with E-state index in [4.69, 9.17) is 32.7 Å². The summed E-state index contributed by atoms with van der Waals surface area (Å²) in [6.07, 6.45) is -5.13. The highest BCUT2D eigenvalue weighted by molar-refractivity contribution is 8.57. The molecule has 33 heavy (non-hydrogen) atoms. The molecule has 0 N–H and O–H groups in total. The van der Waals surface area contributed by atoms with Gasteiger partial charge in [0.25, 0.3) is 0 Å². The summed E-state index contributed by atoms with van der Waals surface area (Å²) in [7, 11) is -3.77. The molecule has 0 spiro atoms. The highest BCUT2D eigenvalue weighted by Gasteiger charge is 2.57. The van der Waals surface area contributed by atoms with Crippen LogP contribution in [0, 0.1) is 5.41 Å². The SMILES string of the molecule is CC(=O)OC[C@H]1O[C@H](S[P+]2([O-])OCC(C)(C)CO2)[C@H](OC(C)=O)[C@@H](OC(C)=O)[C@H]1OC(C)=O. The maximum absolute atomic E-state index is 13.2. The Kier molecular flexibility index (Phi) is 9.49. The average molecular weight is 512 g/mol. The van der Waals surface area contributed by atoms with Gasteiger partial charge in [0.2, 0.25) is 0 Å². The van der Waals surface area contributed by atoms with Crippen LogP contribution in [-0.4, -0.2) is 73.5 Å². The van der Waals surface area contributed by atoms with Gasteiger partial charge >= 0.3 is 31.0 Å². The maximum Gasteiger partial charge on any atom is 0.303 e. The van der Waals surface area contributed by atoms with Crippen LogP contribution in [0.3, 0.4) is 0 Å². The summed E-state index contributed by atoms with van der Waals surface area (Å²) in [5, 5.41) is 0. The zero-order chi connectivity index (χ0) is 25.0. The molecule has 2 heterocycles. The lowest BCUT2D eigenvalue weighted by Crippen LogP contribution is -2.61. The molecule has 12 nitrogen and oxygen atoms in total. The standard InChI is InChI=1S/C19H29O12PS/c1-10(20)25-7-14-15(28-11(2)21)16(29-12(3)22)17(30-13(4)23)18(31-14)33-32(24)26-8-19(5,6)9-27-32/h14-18H,7-9H2,1-6H3/t14-,15+,16+,17-,18-/m1/s1. The molecule has 5 atom stereocenters. The van der Waals surface area contributed by atoms with Gasteiger partial charge < -0.3 is 28.6 Å². The molecular weight excluding hydrogens is 483 g/mol. The molecule has 0 aromatic carbocycles. The molecule has 0 radical (unpaired) electrons. The molecule has 2 saturated heterocycles. The fourth-order valence-electron chi connectivity index (χ4n) is 3.05. The second-order valence-corrected chi connectivity index (χ2v) is 12.4. The Morgan fingerprint density at radius 2 is 1.36 bits per heavy atom. The Morgan fingerprint density at radius 3 is 1.85 bits per heavy atom. The Hall–Kier alpha value is -1.50. The third-order valence-corrected chi connectivity index (χ3v) is 8.17. The summed E-state index contributed by atoms with van der Waals surface area (Å²) < 4.78 is 37.8. The number of hydrogen-bond acceptors (Lipinski definition) is 13. The predicted octanol–water partition coefficient (Wildman–Crippen LogP) is 0.914. The summed E-state index contributed by atoms with van der Waals surface area (Å²) in [4.78, 5) is 60.0. The topological polar surface area (TPSA) is 156 Å². The van der Waals surface area contributed by atoms with Gasteiger partial charge in [-0.25, -0.2) is 0 Å². The molecule has 2 rings (SSSR count). The van der Waals surface area contributed by atoms with E-state index in [9.17, 15) is 24.1 Å². The lowest BCUT2D eigenvalue weighted by Gasteiger charge is -2.45. The summed E-state index contributed by atoms with van der Waals surface area (Å²) in [5.74, 6) is -2.89. The van der Waals surface area contributed by atoms with Gasteiger partial charge in [0.15, 0.2) is 23.7 Å². The summed E-state index contributed by atoms with van der Waals surface area (Å²) >= 11 is 0.624. The molecule has 0 unspecified atom stereocenters. The van der Waals surface area contributed by atoms with E-state index >= 15 is 0 Å². The summed E-state index contributed by atoms with van der Waals surface area (Å²) in [5.41, 5.74) is -1.60. The van der Waals surface area contributed by atoms with E-state index in [2.05, 4.69) is 0 Å². The van der Waals surface area contributed by atoms with Gasteiger partial charge in [-0.1, -0.05) is 13.8 Å². The summed E-state index contributed by atoms with van der Waals surface area (Å²) in [6.45, 7) is 8.18. The first-order valence-corrected chi connectivity index (χ1v) is 13.1. The second kappa shape index (κ2) is 11.3. The van der Waals surface area contributed by atoms with Crippen LogP contribution < -0.4 is 4.89 Å². The van der Waals surface area contributed by atoms with Gasteiger partial charge in [-0.05, 0) is 0 Å². The lowest BCUT2D eigenvalue weighted by atomic mass is 9.97. The fraction of sp³-hybridized carbons (Fsp3) is 0.789. The van der Waals surface area contributed by atoms with Crippen LogP contribution in [0.5, 0.6) is 0 Å². The molecule has 0 aliphatic carbocycles. The van der Waals surface area contributed by atoms with E-state index in [1.807, 2.05) is 13.8 Å². The van der Waals surface area contributed by atoms with Crippen LogP contribution in [0.4, 0.5) is 0 Å². The quantitative estimate of drug-likeness (QED) is 0.270. The van der Waals surface area contributed by atoms with Crippen LogP contribution in [0.15, 0.2) is 0 Å². The van der Waals surface area contributed by atoms with Crippen molar-refractivity contribution in [2.75, 3.05) is 19.8 Å². The molecule has 2 fully saturated rings. The molecule has 2 aliphatic heterocycles. The van der Waals surface area contributed by atoms with Crippen LogP contribution in [0.1, 0.15) is 41.5 Å². The lowest BCUT2D eigenvalue weighted by molar-refractivity contribution is -0.239. The van der Waals surface area contributed by atoms with Crippen molar-refractivity contribution in [3.63, 3.8) is 0 Å². The highest BCUT2D eigenvalue weighted by atomic mass is 32.7. The van der Waals surface area contributed by atoms with Gasteiger partial charge in [-0.3, -0.25) is 19.2 Å². The van der Waals surface area contributed by atoms with Crippen LogP contribution in [0.25, 0.3) is 0 Å². The Balaban J connectivity index is 2.39. The van der Waals surface area contributed by atoms with E-state index in [1.54, 1.807) is 0 Å². The fourth-order valence-corrected chi connectivity index (χ4v) is 6.99. The average Bonchev–Trinajstić information content (AvgIpc) is 2.67. The molecule has 0 aromatic rings. The predicted molar refractivity (Wildman–Crippen MR) is 112 cm³/mol. The molecule has 0 bridgehead atoms. The van der Waals surface area contributed by atoms with E-state index in [0.717, 1.165) is 20.8 Å². The van der Waals surface area contributed by atoms with Crippen molar-refractivity contribution in [2.24, 2.45) is 5.41 Å². The van der Waals surface area contributed by atoms with Crippen molar-refractivity contribution in [2.45, 2.75) is 71.4 Å². The van der Waals surface area contributed by atoms with E-state index in [0.29, 0.717) is 11.4 Å².